The minimum atomic E-state index is -0.190. The summed E-state index contributed by atoms with van der Waals surface area (Å²) in [6.07, 6.45) is 2.93. The van der Waals surface area contributed by atoms with E-state index in [0.717, 1.165) is 12.8 Å². The van der Waals surface area contributed by atoms with Gasteiger partial charge in [0.05, 0.1) is 13.2 Å². The topological polar surface area (TPSA) is 71.5 Å². The molecule has 0 unspecified atom stereocenters. The number of carbonyl (C=O) groups is 1. The number of nitrogens with one attached hydrogen (secondary N) is 1. The van der Waals surface area contributed by atoms with Crippen LogP contribution in [0, 0.1) is 5.92 Å². The van der Waals surface area contributed by atoms with Gasteiger partial charge in [0, 0.05) is 12.7 Å². The molecule has 1 aliphatic carbocycles. The van der Waals surface area contributed by atoms with E-state index in [9.17, 15) is 4.79 Å². The monoisotopic (exact) mass is 236 g/mol. The smallest absolute Gasteiger partial charge is 0.256 e. The van der Waals surface area contributed by atoms with Gasteiger partial charge in [-0.05, 0) is 30.9 Å². The summed E-state index contributed by atoms with van der Waals surface area (Å²) in [4.78, 5) is 15.8. The van der Waals surface area contributed by atoms with Crippen LogP contribution in [0.15, 0.2) is 18.3 Å². The number of pyridine rings is 1. The molecule has 5 heteroatoms. The quantitative estimate of drug-likeness (QED) is 0.802. The summed E-state index contributed by atoms with van der Waals surface area (Å²) >= 11 is 0. The van der Waals surface area contributed by atoms with Gasteiger partial charge in [0.15, 0.2) is 0 Å². The van der Waals surface area contributed by atoms with Crippen LogP contribution in [0.5, 0.6) is 5.88 Å². The first-order valence-corrected chi connectivity index (χ1v) is 5.66. The molecule has 0 atom stereocenters. The number of hydrogen-bond donors (Lipinski definition) is 2. The van der Waals surface area contributed by atoms with E-state index in [4.69, 9.17) is 9.84 Å². The largest absolute Gasteiger partial charge is 0.480 e. The first-order valence-electron chi connectivity index (χ1n) is 5.66. The van der Waals surface area contributed by atoms with Crippen molar-refractivity contribution in [3.63, 3.8) is 0 Å². The summed E-state index contributed by atoms with van der Waals surface area (Å²) in [5.41, 5.74) is 0.440. The Kier molecular flexibility index (Phi) is 3.58. The van der Waals surface area contributed by atoms with Crippen molar-refractivity contribution in [1.29, 1.82) is 0 Å². The normalized spacial score (nSPS) is 22.7. The maximum atomic E-state index is 11.9. The van der Waals surface area contributed by atoms with E-state index in [1.54, 1.807) is 18.3 Å². The summed E-state index contributed by atoms with van der Waals surface area (Å²) < 4.78 is 5.02. The molecule has 0 aromatic carbocycles. The van der Waals surface area contributed by atoms with Gasteiger partial charge < -0.3 is 15.2 Å². The Bertz CT molecular complexity index is 402. The molecule has 2 rings (SSSR count). The number of hydrogen-bond acceptors (Lipinski definition) is 4. The average Bonchev–Trinajstić information content (AvgIpc) is 2.32. The van der Waals surface area contributed by atoms with Crippen LogP contribution >= 0.6 is 0 Å². The van der Waals surface area contributed by atoms with E-state index in [-0.39, 0.29) is 12.0 Å². The van der Waals surface area contributed by atoms with Crippen molar-refractivity contribution in [2.75, 3.05) is 13.7 Å². The number of aliphatic hydroxyl groups is 1. The van der Waals surface area contributed by atoms with Gasteiger partial charge in [-0.2, -0.15) is 0 Å². The minimum absolute atomic E-state index is 0.184. The number of aliphatic hydroxyl groups excluding tert-OH is 1. The Hall–Kier alpha value is -1.62. The average molecular weight is 236 g/mol. The molecule has 1 aromatic heterocycles. The van der Waals surface area contributed by atoms with Gasteiger partial charge in [-0.15, -0.1) is 0 Å². The molecule has 0 saturated heterocycles. The van der Waals surface area contributed by atoms with Crippen molar-refractivity contribution in [1.82, 2.24) is 10.3 Å². The second kappa shape index (κ2) is 5.14. The summed E-state index contributed by atoms with van der Waals surface area (Å²) in [6, 6.07) is 3.38. The molecule has 92 valence electrons. The molecular weight excluding hydrogens is 220 g/mol. The summed E-state index contributed by atoms with van der Waals surface area (Å²) in [6.45, 7) is 0.591. The maximum Gasteiger partial charge on any atom is 0.256 e. The Morgan fingerprint density at radius 1 is 1.65 bits per heavy atom. The Balaban J connectivity index is 1.90. The lowest BCUT2D eigenvalue weighted by Crippen LogP contribution is -2.38. The Morgan fingerprint density at radius 3 is 3.06 bits per heavy atom. The van der Waals surface area contributed by atoms with Crippen LogP contribution in [0.4, 0.5) is 0 Å². The number of aromatic nitrogens is 1. The van der Waals surface area contributed by atoms with Gasteiger partial charge in [-0.3, -0.25) is 4.79 Å². The lowest BCUT2D eigenvalue weighted by molar-refractivity contribution is 0.0420. The molecule has 1 amide bonds. The van der Waals surface area contributed by atoms with Gasteiger partial charge in [0.25, 0.3) is 5.91 Å². The molecule has 0 aliphatic heterocycles. The summed E-state index contributed by atoms with van der Waals surface area (Å²) in [5, 5.41) is 12.0. The Morgan fingerprint density at radius 2 is 2.41 bits per heavy atom. The predicted molar refractivity (Wildman–Crippen MR) is 61.9 cm³/mol. The third-order valence-electron chi connectivity index (χ3n) is 2.97. The number of methoxy groups -OCH3 is 1. The fraction of sp³-hybridized carbons (Fsp3) is 0.500. The molecule has 1 fully saturated rings. The van der Waals surface area contributed by atoms with Crippen LogP contribution in [0.3, 0.4) is 0 Å². The highest BCUT2D eigenvalue weighted by molar-refractivity contribution is 5.96. The predicted octanol–water partition coefficient (Wildman–Crippen LogP) is 0.591. The zero-order valence-electron chi connectivity index (χ0n) is 9.72. The van der Waals surface area contributed by atoms with E-state index in [0.29, 0.717) is 23.9 Å². The van der Waals surface area contributed by atoms with Crippen LogP contribution < -0.4 is 10.1 Å². The minimum Gasteiger partial charge on any atom is -0.480 e. The van der Waals surface area contributed by atoms with Crippen LogP contribution in [0.2, 0.25) is 0 Å². The van der Waals surface area contributed by atoms with Crippen molar-refractivity contribution in [3.8, 4) is 5.88 Å². The highest BCUT2D eigenvalue weighted by Crippen LogP contribution is 2.26. The standard InChI is InChI=1S/C12H16N2O3/c1-17-12-10(3-2-4-13-12)11(16)14-7-8-5-9(15)6-8/h2-4,8-9,15H,5-7H2,1H3,(H,14,16). The SMILES string of the molecule is COc1ncccc1C(=O)NCC1CC(O)C1. The summed E-state index contributed by atoms with van der Waals surface area (Å²) in [7, 11) is 1.49. The van der Waals surface area contributed by atoms with Crippen LogP contribution in [0.1, 0.15) is 23.2 Å². The molecule has 1 aromatic rings. The molecule has 1 heterocycles. The molecule has 0 bridgehead atoms. The highest BCUT2D eigenvalue weighted by atomic mass is 16.5. The van der Waals surface area contributed by atoms with Crippen molar-refractivity contribution >= 4 is 5.91 Å². The fourth-order valence-electron chi connectivity index (χ4n) is 1.93. The second-order valence-corrected chi connectivity index (χ2v) is 4.26. The molecule has 17 heavy (non-hydrogen) atoms. The molecule has 1 aliphatic rings. The highest BCUT2D eigenvalue weighted by Gasteiger charge is 2.27. The van der Waals surface area contributed by atoms with Gasteiger partial charge in [-0.25, -0.2) is 4.98 Å². The Labute approximate surface area is 99.8 Å². The molecule has 0 spiro atoms. The van der Waals surface area contributed by atoms with Crippen molar-refractivity contribution < 1.29 is 14.6 Å². The van der Waals surface area contributed by atoms with Gasteiger partial charge >= 0.3 is 0 Å². The van der Waals surface area contributed by atoms with Gasteiger partial charge in [0.2, 0.25) is 5.88 Å². The van der Waals surface area contributed by atoms with Crippen LogP contribution in [0.25, 0.3) is 0 Å². The molecule has 2 N–H and O–H groups in total. The maximum absolute atomic E-state index is 11.9. The van der Waals surface area contributed by atoms with Gasteiger partial charge in [-0.1, -0.05) is 0 Å². The lowest BCUT2D eigenvalue weighted by atomic mass is 9.82. The van der Waals surface area contributed by atoms with E-state index in [2.05, 4.69) is 10.3 Å². The zero-order valence-corrected chi connectivity index (χ0v) is 9.72. The van der Waals surface area contributed by atoms with E-state index in [1.807, 2.05) is 0 Å². The van der Waals surface area contributed by atoms with Gasteiger partial charge in [0.1, 0.15) is 5.56 Å². The van der Waals surface area contributed by atoms with E-state index in [1.165, 1.54) is 7.11 Å². The number of amides is 1. The molecular formula is C12H16N2O3. The van der Waals surface area contributed by atoms with Crippen molar-refractivity contribution in [2.24, 2.45) is 5.92 Å². The number of carbonyl (C=O) groups excluding carboxylic acids is 1. The van der Waals surface area contributed by atoms with Crippen LogP contribution in [-0.2, 0) is 0 Å². The molecule has 0 radical (unpaired) electrons. The third-order valence-corrected chi connectivity index (χ3v) is 2.97. The first-order chi connectivity index (χ1) is 8.20. The fourth-order valence-corrected chi connectivity index (χ4v) is 1.93. The molecule has 5 nitrogen and oxygen atoms in total. The third kappa shape index (κ3) is 2.74. The second-order valence-electron chi connectivity index (χ2n) is 4.26. The van der Waals surface area contributed by atoms with E-state index >= 15 is 0 Å². The number of ether oxygens (including phenoxy) is 1. The van der Waals surface area contributed by atoms with Crippen molar-refractivity contribution in [3.05, 3.63) is 23.9 Å². The zero-order chi connectivity index (χ0) is 12.3. The lowest BCUT2D eigenvalue weighted by Gasteiger charge is -2.31. The number of rotatable bonds is 4. The van der Waals surface area contributed by atoms with Crippen LogP contribution in [-0.4, -0.2) is 35.8 Å². The van der Waals surface area contributed by atoms with Crippen molar-refractivity contribution in [2.45, 2.75) is 18.9 Å². The first kappa shape index (κ1) is 11.9. The van der Waals surface area contributed by atoms with E-state index < -0.39 is 0 Å². The summed E-state index contributed by atoms with van der Waals surface area (Å²) in [5.74, 6) is 0.534. The molecule has 1 saturated carbocycles. The number of nitrogens with zero attached hydrogens (tertiary/aromatic N) is 1.